The van der Waals surface area contributed by atoms with Crippen molar-refractivity contribution in [2.75, 3.05) is 19.8 Å². The summed E-state index contributed by atoms with van der Waals surface area (Å²) in [5.74, 6) is 2.99. The summed E-state index contributed by atoms with van der Waals surface area (Å²) in [6.45, 7) is 1.62. The van der Waals surface area contributed by atoms with E-state index in [1.54, 1.807) is 24.3 Å². The quantitative estimate of drug-likeness (QED) is 0.189. The van der Waals surface area contributed by atoms with E-state index in [0.717, 1.165) is 44.3 Å². The summed E-state index contributed by atoms with van der Waals surface area (Å²) in [5.41, 5.74) is -3.68. The summed E-state index contributed by atoms with van der Waals surface area (Å²) in [6.07, 6.45) is -14.1. The Morgan fingerprint density at radius 1 is 0.745 bits per heavy atom. The van der Waals surface area contributed by atoms with Gasteiger partial charge in [0.1, 0.15) is 30.5 Å². The zero-order chi connectivity index (χ0) is 34.3. The summed E-state index contributed by atoms with van der Waals surface area (Å²) in [6, 6.07) is 12.6. The van der Waals surface area contributed by atoms with Crippen molar-refractivity contribution in [2.24, 2.45) is 23.2 Å². The Morgan fingerprint density at radius 2 is 1.36 bits per heavy atom. The smallest absolute Gasteiger partial charge is 0.435 e. The Balaban J connectivity index is 1.13. The van der Waals surface area contributed by atoms with Gasteiger partial charge in [-0.3, -0.25) is 0 Å². The van der Waals surface area contributed by atoms with Gasteiger partial charge in [0.05, 0.1) is 0 Å². The monoisotopic (exact) mass is 682 g/mol. The molecule has 0 bridgehead atoms. The third kappa shape index (κ3) is 6.87. The van der Waals surface area contributed by atoms with E-state index in [-0.39, 0.29) is 29.9 Å². The van der Waals surface area contributed by atoms with Gasteiger partial charge in [0, 0.05) is 6.61 Å². The highest BCUT2D eigenvalue weighted by molar-refractivity contribution is 5.41. The van der Waals surface area contributed by atoms with Gasteiger partial charge >= 0.3 is 24.1 Å². The van der Waals surface area contributed by atoms with Gasteiger partial charge in [-0.05, 0) is 128 Å². The molecule has 1 N–H and O–H groups in total. The van der Waals surface area contributed by atoms with Crippen LogP contribution in [0, 0.1) is 23.2 Å². The number of ether oxygens (including phenoxy) is 3. The molecular weight excluding hydrogens is 643 g/mol. The second kappa shape index (κ2) is 13.2. The molecule has 0 aliphatic heterocycles. The van der Waals surface area contributed by atoms with E-state index in [4.69, 9.17) is 9.47 Å². The number of rotatable bonds is 11. The van der Waals surface area contributed by atoms with E-state index < -0.39 is 30.7 Å². The normalized spacial score (nSPS) is 26.3. The molecule has 47 heavy (non-hydrogen) atoms. The van der Waals surface area contributed by atoms with Crippen LogP contribution in [0.5, 0.6) is 17.2 Å². The summed E-state index contributed by atoms with van der Waals surface area (Å²) in [7, 11) is 0. The summed E-state index contributed by atoms with van der Waals surface area (Å²) in [5, 5.41) is 9.38. The first-order chi connectivity index (χ1) is 22.0. The molecule has 262 valence electrons. The van der Waals surface area contributed by atoms with E-state index in [2.05, 4.69) is 23.8 Å². The predicted octanol–water partition coefficient (Wildman–Crippen LogP) is 9.93. The SMILES string of the molecule is C[C@]12CC[C@@H]3c4ccc(OCCOc5ccc(O)cc5)cc4CCC3[C@@H]1CC[C@@H]2CCCCOC(C(F)(F)F)(C(F)(F)F)C(F)(F)F. The Bertz CT molecular complexity index is 1320. The van der Waals surface area contributed by atoms with Crippen molar-refractivity contribution in [3.8, 4) is 17.2 Å². The molecule has 13 heteroatoms. The number of phenols is 1. The third-order valence-electron chi connectivity index (χ3n) is 10.8. The first-order valence-electron chi connectivity index (χ1n) is 16.0. The van der Waals surface area contributed by atoms with E-state index in [1.807, 2.05) is 6.07 Å². The molecule has 0 amide bonds. The Hall–Kier alpha value is -2.83. The first kappa shape index (κ1) is 35.5. The molecule has 2 aromatic carbocycles. The van der Waals surface area contributed by atoms with Crippen LogP contribution in [-0.2, 0) is 11.2 Å². The molecule has 1 unspecified atom stereocenters. The number of hydrogen-bond acceptors (Lipinski definition) is 4. The van der Waals surface area contributed by atoms with Crippen molar-refractivity contribution >= 4 is 0 Å². The molecule has 4 nitrogen and oxygen atoms in total. The minimum Gasteiger partial charge on any atom is -0.508 e. The van der Waals surface area contributed by atoms with Crippen LogP contribution in [0.4, 0.5) is 39.5 Å². The van der Waals surface area contributed by atoms with Crippen LogP contribution < -0.4 is 9.47 Å². The van der Waals surface area contributed by atoms with Crippen LogP contribution in [-0.4, -0.2) is 49.1 Å². The lowest BCUT2D eigenvalue weighted by Crippen LogP contribution is -2.67. The van der Waals surface area contributed by atoms with E-state index in [1.165, 1.54) is 11.1 Å². The number of unbranched alkanes of at least 4 members (excludes halogenated alkanes) is 1. The fourth-order valence-electron chi connectivity index (χ4n) is 8.54. The highest BCUT2D eigenvalue weighted by Crippen LogP contribution is 2.64. The van der Waals surface area contributed by atoms with E-state index in [0.29, 0.717) is 43.1 Å². The molecular formula is C34H39F9O4. The topological polar surface area (TPSA) is 47.9 Å². The number of benzene rings is 2. The largest absolute Gasteiger partial charge is 0.508 e. The van der Waals surface area contributed by atoms with Crippen molar-refractivity contribution in [1.82, 2.24) is 0 Å². The van der Waals surface area contributed by atoms with Crippen molar-refractivity contribution in [3.05, 3.63) is 53.6 Å². The fraction of sp³-hybridized carbons (Fsp3) is 0.647. The highest BCUT2D eigenvalue weighted by atomic mass is 19.4. The summed E-state index contributed by atoms with van der Waals surface area (Å²) in [4.78, 5) is 0. The lowest BCUT2D eigenvalue weighted by molar-refractivity contribution is -0.457. The highest BCUT2D eigenvalue weighted by Gasteiger charge is 2.85. The first-order valence-corrected chi connectivity index (χ1v) is 16.0. The number of halogens is 9. The maximum absolute atomic E-state index is 13.2. The van der Waals surface area contributed by atoms with Crippen LogP contribution in [0.3, 0.4) is 0 Å². The molecule has 3 aliphatic carbocycles. The van der Waals surface area contributed by atoms with Crippen LogP contribution in [0.25, 0.3) is 0 Å². The molecule has 0 radical (unpaired) electrons. The maximum Gasteiger partial charge on any atom is 0.435 e. The summed E-state index contributed by atoms with van der Waals surface area (Å²) < 4.78 is 134. The standard InChI is InChI=1S/C34H39F9O4/c1-30-16-15-27-26-13-11-25(46-19-18-45-24-9-7-23(44)8-10-24)20-21(26)5-12-28(27)29(30)14-6-22(30)4-2-3-17-47-31(32(35,36)37,33(38,39)40)34(41,42)43/h7-11,13,20,22,27-29,44H,2-6,12,14-19H2,1H3/t22-,27+,28?,29-,30+/m0/s1. The fourth-order valence-corrected chi connectivity index (χ4v) is 8.54. The predicted molar refractivity (Wildman–Crippen MR) is 154 cm³/mol. The molecule has 0 spiro atoms. The Morgan fingerprint density at radius 3 is 2.00 bits per heavy atom. The zero-order valence-corrected chi connectivity index (χ0v) is 25.9. The van der Waals surface area contributed by atoms with Gasteiger partial charge in [-0.15, -0.1) is 0 Å². The van der Waals surface area contributed by atoms with Crippen LogP contribution in [0.1, 0.15) is 75.3 Å². The maximum atomic E-state index is 13.2. The minimum atomic E-state index is -6.70. The Labute approximate surface area is 267 Å². The Kier molecular flexibility index (Phi) is 9.99. The number of aromatic hydroxyl groups is 1. The third-order valence-corrected chi connectivity index (χ3v) is 10.8. The average molecular weight is 683 g/mol. The number of aryl methyl sites for hydroxylation is 1. The van der Waals surface area contributed by atoms with Gasteiger partial charge in [-0.2, -0.15) is 39.5 Å². The van der Waals surface area contributed by atoms with E-state index in [9.17, 15) is 44.6 Å². The van der Waals surface area contributed by atoms with Crippen LogP contribution >= 0.6 is 0 Å². The molecule has 5 atom stereocenters. The second-order valence-electron chi connectivity index (χ2n) is 13.3. The molecule has 3 aliphatic rings. The summed E-state index contributed by atoms with van der Waals surface area (Å²) >= 11 is 0. The number of alkyl halides is 9. The molecule has 2 saturated carbocycles. The van der Waals surface area contributed by atoms with Crippen LogP contribution in [0.2, 0.25) is 0 Å². The minimum absolute atomic E-state index is 0.0479. The average Bonchev–Trinajstić information content (AvgIpc) is 3.31. The molecule has 0 heterocycles. The van der Waals surface area contributed by atoms with Crippen molar-refractivity contribution in [2.45, 2.75) is 94.8 Å². The molecule has 2 aromatic rings. The second-order valence-corrected chi connectivity index (χ2v) is 13.3. The van der Waals surface area contributed by atoms with Gasteiger partial charge in [0.2, 0.25) is 0 Å². The van der Waals surface area contributed by atoms with E-state index >= 15 is 0 Å². The lowest BCUT2D eigenvalue weighted by Gasteiger charge is -2.51. The molecule has 0 aromatic heterocycles. The molecule has 2 fully saturated rings. The van der Waals surface area contributed by atoms with Gasteiger partial charge in [-0.25, -0.2) is 0 Å². The molecule has 5 rings (SSSR count). The molecule has 0 saturated heterocycles. The van der Waals surface area contributed by atoms with Gasteiger partial charge in [-0.1, -0.05) is 19.4 Å². The van der Waals surface area contributed by atoms with Gasteiger partial charge < -0.3 is 19.3 Å². The zero-order valence-electron chi connectivity index (χ0n) is 25.9. The number of fused-ring (bicyclic) bond motifs is 5. The van der Waals surface area contributed by atoms with Gasteiger partial charge in [0.25, 0.3) is 0 Å². The van der Waals surface area contributed by atoms with Crippen molar-refractivity contribution in [3.63, 3.8) is 0 Å². The lowest BCUT2D eigenvalue weighted by atomic mass is 9.54. The van der Waals surface area contributed by atoms with Crippen molar-refractivity contribution < 1.29 is 58.8 Å². The van der Waals surface area contributed by atoms with Gasteiger partial charge in [0.15, 0.2) is 0 Å². The van der Waals surface area contributed by atoms with Crippen LogP contribution in [0.15, 0.2) is 42.5 Å². The number of hydrogen-bond donors (Lipinski definition) is 1. The number of phenolic OH excluding ortho intramolecular Hbond substituents is 1. The van der Waals surface area contributed by atoms with Crippen molar-refractivity contribution in [1.29, 1.82) is 0 Å².